The molecule has 0 aliphatic heterocycles. The third kappa shape index (κ3) is 5.11. The van der Waals surface area contributed by atoms with E-state index >= 15 is 0 Å². The van der Waals surface area contributed by atoms with E-state index in [0.717, 1.165) is 33.2 Å². The Hall–Kier alpha value is -4.02. The Morgan fingerprint density at radius 1 is 0.784 bits per heavy atom. The molecule has 0 amide bonds. The minimum Gasteiger partial charge on any atom is -0.481 e. The van der Waals surface area contributed by atoms with Crippen molar-refractivity contribution in [2.45, 2.75) is 31.6 Å². The molecule has 184 valence electrons. The minimum atomic E-state index is -0.898. The zero-order valence-electron chi connectivity index (χ0n) is 20.7. The molecule has 2 aromatic heterocycles. The summed E-state index contributed by atoms with van der Waals surface area (Å²) in [6, 6.07) is 27.6. The summed E-state index contributed by atoms with van der Waals surface area (Å²) in [7, 11) is 0. The molecule has 2 atom stereocenters. The molecule has 5 rings (SSSR count). The molecule has 4 nitrogen and oxygen atoms in total. The largest absolute Gasteiger partial charge is 0.481 e. The van der Waals surface area contributed by atoms with Crippen molar-refractivity contribution < 1.29 is 9.90 Å². The number of carboxylic acids is 1. The van der Waals surface area contributed by atoms with E-state index in [1.165, 1.54) is 5.56 Å². The van der Waals surface area contributed by atoms with Gasteiger partial charge in [0, 0.05) is 40.5 Å². The van der Waals surface area contributed by atoms with Crippen molar-refractivity contribution in [2.24, 2.45) is 0 Å². The van der Waals surface area contributed by atoms with Crippen LogP contribution in [0.25, 0.3) is 22.0 Å². The first-order valence-electron chi connectivity index (χ1n) is 12.3. The highest BCUT2D eigenvalue weighted by molar-refractivity contribution is 6.30. The molecule has 0 bridgehead atoms. The van der Waals surface area contributed by atoms with Crippen molar-refractivity contribution in [3.63, 3.8) is 0 Å². The Bertz CT molecular complexity index is 1550. The normalized spacial score (nSPS) is 13.0. The summed E-state index contributed by atoms with van der Waals surface area (Å²) in [5, 5.41) is 12.1. The highest BCUT2D eigenvalue weighted by atomic mass is 35.5. The summed E-state index contributed by atoms with van der Waals surface area (Å²) >= 11 is 6.19. The number of halogens is 1. The molecular weight excluding hydrogens is 480 g/mol. The number of nitrogens with zero attached hydrogens (tertiary/aromatic N) is 2. The SMILES string of the molecule is CC(C)c1cc(-c2cccc(C(c3ccc(Cl)cc3)C(C(=O)O)c3ccncc3)c2)c2ncccc2c1. The van der Waals surface area contributed by atoms with Crippen molar-refractivity contribution in [1.29, 1.82) is 0 Å². The number of rotatable bonds is 7. The monoisotopic (exact) mass is 506 g/mol. The standard InChI is InChI=1S/C32H27ClN2O2/c1-20(2)26-18-25-7-4-14-35-31(25)28(19-26)23-5-3-6-24(17-23)29(21-8-10-27(33)11-9-21)30(32(36)37)22-12-15-34-16-13-22/h3-20,29-30H,1-2H3,(H,36,37). The highest BCUT2D eigenvalue weighted by Gasteiger charge is 2.32. The van der Waals surface area contributed by atoms with E-state index in [2.05, 4.69) is 49.2 Å². The second-order valence-electron chi connectivity index (χ2n) is 9.55. The van der Waals surface area contributed by atoms with E-state index < -0.39 is 17.8 Å². The minimum absolute atomic E-state index is 0.358. The fourth-order valence-electron chi connectivity index (χ4n) is 4.96. The van der Waals surface area contributed by atoms with Crippen molar-refractivity contribution in [2.75, 3.05) is 0 Å². The number of pyridine rings is 2. The van der Waals surface area contributed by atoms with Gasteiger partial charge in [-0.1, -0.05) is 67.9 Å². The van der Waals surface area contributed by atoms with E-state index in [1.54, 1.807) is 24.5 Å². The van der Waals surface area contributed by atoms with Crippen LogP contribution in [0.5, 0.6) is 0 Å². The van der Waals surface area contributed by atoms with Gasteiger partial charge in [-0.2, -0.15) is 0 Å². The smallest absolute Gasteiger partial charge is 0.311 e. The zero-order chi connectivity index (χ0) is 25.9. The molecule has 0 radical (unpaired) electrons. The van der Waals surface area contributed by atoms with Crippen LogP contribution in [0.4, 0.5) is 0 Å². The van der Waals surface area contributed by atoms with Crippen molar-refractivity contribution in [3.05, 3.63) is 131 Å². The van der Waals surface area contributed by atoms with Crippen LogP contribution in [-0.4, -0.2) is 21.0 Å². The maximum absolute atomic E-state index is 12.7. The molecule has 2 heterocycles. The first kappa shape index (κ1) is 24.7. The molecule has 0 aliphatic rings. The lowest BCUT2D eigenvalue weighted by molar-refractivity contribution is -0.139. The van der Waals surface area contributed by atoms with E-state index in [0.29, 0.717) is 16.5 Å². The van der Waals surface area contributed by atoms with Gasteiger partial charge in [0.2, 0.25) is 0 Å². The van der Waals surface area contributed by atoms with Gasteiger partial charge >= 0.3 is 5.97 Å². The maximum atomic E-state index is 12.7. The van der Waals surface area contributed by atoms with Crippen LogP contribution < -0.4 is 0 Å². The molecule has 0 spiro atoms. The average molecular weight is 507 g/mol. The van der Waals surface area contributed by atoms with Gasteiger partial charge in [-0.15, -0.1) is 0 Å². The van der Waals surface area contributed by atoms with Crippen LogP contribution in [-0.2, 0) is 4.79 Å². The first-order chi connectivity index (χ1) is 17.9. The molecule has 3 aromatic carbocycles. The molecule has 0 aliphatic carbocycles. The Kier molecular flexibility index (Phi) is 7.02. The van der Waals surface area contributed by atoms with Crippen LogP contribution >= 0.6 is 11.6 Å². The fraction of sp³-hybridized carbons (Fsp3) is 0.156. The summed E-state index contributed by atoms with van der Waals surface area (Å²) in [5.41, 5.74) is 6.68. The molecule has 37 heavy (non-hydrogen) atoms. The van der Waals surface area contributed by atoms with Gasteiger partial charge in [-0.25, -0.2) is 0 Å². The van der Waals surface area contributed by atoms with Crippen LogP contribution in [0.3, 0.4) is 0 Å². The van der Waals surface area contributed by atoms with Crippen molar-refractivity contribution in [1.82, 2.24) is 9.97 Å². The van der Waals surface area contributed by atoms with Crippen LogP contribution in [0.1, 0.15) is 53.9 Å². The van der Waals surface area contributed by atoms with Gasteiger partial charge in [0.05, 0.1) is 11.4 Å². The Labute approximate surface area is 221 Å². The number of aliphatic carboxylic acids is 1. The molecule has 5 aromatic rings. The van der Waals surface area contributed by atoms with Gasteiger partial charge in [0.1, 0.15) is 0 Å². The average Bonchev–Trinajstić information content (AvgIpc) is 2.92. The molecule has 0 saturated heterocycles. The highest BCUT2D eigenvalue weighted by Crippen LogP contribution is 2.41. The zero-order valence-corrected chi connectivity index (χ0v) is 21.4. The van der Waals surface area contributed by atoms with Crippen molar-refractivity contribution >= 4 is 28.5 Å². The van der Waals surface area contributed by atoms with Gasteiger partial charge < -0.3 is 5.11 Å². The third-order valence-electron chi connectivity index (χ3n) is 6.84. The van der Waals surface area contributed by atoms with E-state index in [9.17, 15) is 9.90 Å². The van der Waals surface area contributed by atoms with Crippen LogP contribution in [0.2, 0.25) is 5.02 Å². The van der Waals surface area contributed by atoms with Crippen LogP contribution in [0.15, 0.2) is 104 Å². The van der Waals surface area contributed by atoms with Gasteiger partial charge in [0.25, 0.3) is 0 Å². The molecule has 0 saturated carbocycles. The number of fused-ring (bicyclic) bond motifs is 1. The van der Waals surface area contributed by atoms with Gasteiger partial charge in [-0.05, 0) is 76.2 Å². The molecule has 2 unspecified atom stereocenters. The molecular formula is C32H27ClN2O2. The summed E-state index contributed by atoms with van der Waals surface area (Å²) in [4.78, 5) is 21.5. The number of carboxylic acid groups (broad SMARTS) is 1. The number of carbonyl (C=O) groups is 1. The van der Waals surface area contributed by atoms with Crippen molar-refractivity contribution in [3.8, 4) is 11.1 Å². The molecule has 0 fully saturated rings. The Morgan fingerprint density at radius 2 is 1.54 bits per heavy atom. The summed E-state index contributed by atoms with van der Waals surface area (Å²) in [6.45, 7) is 4.36. The molecule has 1 N–H and O–H groups in total. The molecule has 5 heteroatoms. The number of hydrogen-bond acceptors (Lipinski definition) is 3. The summed E-state index contributed by atoms with van der Waals surface area (Å²) < 4.78 is 0. The van der Waals surface area contributed by atoms with Gasteiger partial charge in [0.15, 0.2) is 0 Å². The summed E-state index contributed by atoms with van der Waals surface area (Å²) in [6.07, 6.45) is 5.08. The predicted octanol–water partition coefficient (Wildman–Crippen LogP) is 8.07. The number of aromatic nitrogens is 2. The second kappa shape index (κ2) is 10.5. The van der Waals surface area contributed by atoms with E-state index in [4.69, 9.17) is 16.6 Å². The van der Waals surface area contributed by atoms with E-state index in [-0.39, 0.29) is 0 Å². The number of hydrogen-bond donors (Lipinski definition) is 1. The second-order valence-corrected chi connectivity index (χ2v) is 9.99. The topological polar surface area (TPSA) is 63.1 Å². The fourth-order valence-corrected chi connectivity index (χ4v) is 5.09. The Morgan fingerprint density at radius 3 is 2.24 bits per heavy atom. The lowest BCUT2D eigenvalue weighted by Crippen LogP contribution is -2.21. The number of benzene rings is 3. The third-order valence-corrected chi connectivity index (χ3v) is 7.10. The quantitative estimate of drug-likeness (QED) is 0.242. The lowest BCUT2D eigenvalue weighted by Gasteiger charge is -2.26. The first-order valence-corrected chi connectivity index (χ1v) is 12.7. The maximum Gasteiger partial charge on any atom is 0.311 e. The Balaban J connectivity index is 1.72. The van der Waals surface area contributed by atoms with Crippen LogP contribution in [0, 0.1) is 0 Å². The lowest BCUT2D eigenvalue weighted by atomic mass is 9.76. The van der Waals surface area contributed by atoms with E-state index in [1.807, 2.05) is 48.7 Å². The summed E-state index contributed by atoms with van der Waals surface area (Å²) in [5.74, 6) is -1.79. The predicted molar refractivity (Wildman–Crippen MR) is 149 cm³/mol. The van der Waals surface area contributed by atoms with Gasteiger partial charge in [-0.3, -0.25) is 14.8 Å².